The average molecular weight is 292 g/mol. The third-order valence-electron chi connectivity index (χ3n) is 3.00. The van der Waals surface area contributed by atoms with E-state index in [-0.39, 0.29) is 24.3 Å². The molecule has 106 valence electrons. The smallest absolute Gasteiger partial charge is 0.240 e. The normalized spacial score (nSPS) is 11.9. The fourth-order valence-electron chi connectivity index (χ4n) is 1.90. The van der Waals surface area contributed by atoms with Gasteiger partial charge in [-0.25, -0.2) is 4.39 Å². The third-order valence-corrected chi connectivity index (χ3v) is 4.05. The minimum atomic E-state index is -0.280. The summed E-state index contributed by atoms with van der Waals surface area (Å²) in [6.07, 6.45) is 0. The van der Waals surface area contributed by atoms with Gasteiger partial charge in [0, 0.05) is 17.6 Å². The van der Waals surface area contributed by atoms with Crippen LogP contribution in [0.25, 0.3) is 0 Å². The number of likely N-dealkylation sites (N-methyl/N-ethyl adjacent to an activating group) is 1. The summed E-state index contributed by atoms with van der Waals surface area (Å²) in [4.78, 5) is 14.9. The van der Waals surface area contributed by atoms with Gasteiger partial charge in [0.1, 0.15) is 5.82 Å². The molecular formula is C15H17FN2OS. The van der Waals surface area contributed by atoms with Gasteiger partial charge in [-0.05, 0) is 42.6 Å². The lowest BCUT2D eigenvalue weighted by molar-refractivity contribution is -0.120. The second-order valence-corrected chi connectivity index (χ2v) is 5.62. The summed E-state index contributed by atoms with van der Waals surface area (Å²) in [5.41, 5.74) is 0.810. The second kappa shape index (κ2) is 6.52. The quantitative estimate of drug-likeness (QED) is 0.918. The van der Waals surface area contributed by atoms with Gasteiger partial charge >= 0.3 is 0 Å². The van der Waals surface area contributed by atoms with Crippen LogP contribution in [-0.2, 0) is 4.79 Å². The Balaban J connectivity index is 1.89. The number of rotatable bonds is 5. The number of carbonyl (C=O) groups excluding carboxylic acids is 1. The lowest BCUT2D eigenvalue weighted by Gasteiger charge is -2.20. The highest BCUT2D eigenvalue weighted by Crippen LogP contribution is 2.18. The molecule has 3 nitrogen and oxygen atoms in total. The number of amides is 1. The van der Waals surface area contributed by atoms with E-state index < -0.39 is 0 Å². The molecular weight excluding hydrogens is 275 g/mol. The Morgan fingerprint density at radius 2 is 2.05 bits per heavy atom. The molecule has 0 spiro atoms. The monoisotopic (exact) mass is 292 g/mol. The minimum Gasteiger partial charge on any atom is -0.365 e. The first-order valence-electron chi connectivity index (χ1n) is 6.35. The maximum absolute atomic E-state index is 12.8. The van der Waals surface area contributed by atoms with Crippen LogP contribution >= 0.6 is 11.3 Å². The van der Waals surface area contributed by atoms with Crippen molar-refractivity contribution in [3.8, 4) is 0 Å². The first kappa shape index (κ1) is 14.5. The van der Waals surface area contributed by atoms with Crippen LogP contribution in [0.5, 0.6) is 0 Å². The topological polar surface area (TPSA) is 32.3 Å². The van der Waals surface area contributed by atoms with Crippen molar-refractivity contribution in [2.24, 2.45) is 0 Å². The van der Waals surface area contributed by atoms with Crippen molar-refractivity contribution < 1.29 is 9.18 Å². The lowest BCUT2D eigenvalue weighted by atomic mass is 10.2. The predicted molar refractivity (Wildman–Crippen MR) is 80.5 cm³/mol. The van der Waals surface area contributed by atoms with E-state index in [9.17, 15) is 9.18 Å². The number of hydrogen-bond donors (Lipinski definition) is 1. The molecule has 0 aliphatic rings. The van der Waals surface area contributed by atoms with Gasteiger partial charge < -0.3 is 10.2 Å². The highest BCUT2D eigenvalue weighted by molar-refractivity contribution is 7.10. The number of anilines is 1. The summed E-state index contributed by atoms with van der Waals surface area (Å²) in [6, 6.07) is 10.1. The Labute approximate surface area is 122 Å². The number of nitrogens with one attached hydrogen (secondary N) is 1. The van der Waals surface area contributed by atoms with E-state index >= 15 is 0 Å². The molecule has 1 heterocycles. The van der Waals surface area contributed by atoms with Crippen LogP contribution < -0.4 is 10.2 Å². The molecule has 0 saturated carbocycles. The zero-order valence-corrected chi connectivity index (χ0v) is 12.3. The third kappa shape index (κ3) is 3.81. The molecule has 0 aliphatic carbocycles. The Morgan fingerprint density at radius 1 is 1.35 bits per heavy atom. The molecule has 1 N–H and O–H groups in total. The van der Waals surface area contributed by atoms with Crippen LogP contribution in [-0.4, -0.2) is 19.5 Å². The Kier molecular flexibility index (Phi) is 4.74. The first-order valence-corrected chi connectivity index (χ1v) is 7.23. The molecule has 0 aliphatic heterocycles. The van der Waals surface area contributed by atoms with Crippen LogP contribution in [0.3, 0.4) is 0 Å². The van der Waals surface area contributed by atoms with Crippen molar-refractivity contribution in [1.29, 1.82) is 0 Å². The summed E-state index contributed by atoms with van der Waals surface area (Å²) < 4.78 is 12.8. The molecule has 0 fully saturated rings. The fourth-order valence-corrected chi connectivity index (χ4v) is 2.63. The number of thiophene rings is 1. The van der Waals surface area contributed by atoms with E-state index in [1.165, 1.54) is 12.1 Å². The Hall–Kier alpha value is -1.88. The summed E-state index contributed by atoms with van der Waals surface area (Å²) >= 11 is 1.62. The first-order chi connectivity index (χ1) is 9.56. The van der Waals surface area contributed by atoms with Gasteiger partial charge in [0.05, 0.1) is 12.6 Å². The molecule has 1 aromatic carbocycles. The standard InChI is InChI=1S/C15H17FN2OS/c1-11(14-4-3-9-20-14)17-15(19)10-18(2)13-7-5-12(16)6-8-13/h3-9,11H,10H2,1-2H3,(H,17,19). The molecule has 0 saturated heterocycles. The van der Waals surface area contributed by atoms with Gasteiger partial charge in [0.25, 0.3) is 0 Å². The molecule has 1 unspecified atom stereocenters. The van der Waals surface area contributed by atoms with Crippen molar-refractivity contribution in [2.45, 2.75) is 13.0 Å². The SMILES string of the molecule is CC(NC(=O)CN(C)c1ccc(F)cc1)c1cccs1. The van der Waals surface area contributed by atoms with Crippen LogP contribution in [0.1, 0.15) is 17.8 Å². The van der Waals surface area contributed by atoms with Gasteiger partial charge in [-0.15, -0.1) is 11.3 Å². The number of carbonyl (C=O) groups is 1. The van der Waals surface area contributed by atoms with Crippen LogP contribution in [0.4, 0.5) is 10.1 Å². The van der Waals surface area contributed by atoms with Crippen molar-refractivity contribution in [3.05, 3.63) is 52.5 Å². The highest BCUT2D eigenvalue weighted by atomic mass is 32.1. The van der Waals surface area contributed by atoms with Crippen molar-refractivity contribution in [1.82, 2.24) is 5.32 Å². The molecule has 0 radical (unpaired) electrons. The largest absolute Gasteiger partial charge is 0.365 e. The van der Waals surface area contributed by atoms with Crippen LogP contribution in [0.2, 0.25) is 0 Å². The number of halogens is 1. The van der Waals surface area contributed by atoms with Gasteiger partial charge in [-0.3, -0.25) is 4.79 Å². The summed E-state index contributed by atoms with van der Waals surface area (Å²) in [5, 5.41) is 4.94. The average Bonchev–Trinajstić information content (AvgIpc) is 2.93. The van der Waals surface area contributed by atoms with Crippen molar-refractivity contribution in [3.63, 3.8) is 0 Å². The van der Waals surface area contributed by atoms with Crippen molar-refractivity contribution >= 4 is 22.9 Å². The minimum absolute atomic E-state index is 0.00381. The van der Waals surface area contributed by atoms with E-state index in [2.05, 4.69) is 5.32 Å². The van der Waals surface area contributed by atoms with Crippen molar-refractivity contribution in [2.75, 3.05) is 18.5 Å². The molecule has 1 amide bonds. The Bertz CT molecular complexity index is 554. The number of nitrogens with zero attached hydrogens (tertiary/aromatic N) is 1. The van der Waals surface area contributed by atoms with Gasteiger partial charge in [-0.1, -0.05) is 6.07 Å². The fraction of sp³-hybridized carbons (Fsp3) is 0.267. The van der Waals surface area contributed by atoms with E-state index in [0.29, 0.717) is 0 Å². The van der Waals surface area contributed by atoms with E-state index in [4.69, 9.17) is 0 Å². The van der Waals surface area contributed by atoms with E-state index in [1.807, 2.05) is 31.5 Å². The highest BCUT2D eigenvalue weighted by Gasteiger charge is 2.12. The molecule has 1 atom stereocenters. The number of hydrogen-bond acceptors (Lipinski definition) is 3. The maximum atomic E-state index is 12.8. The lowest BCUT2D eigenvalue weighted by Crippen LogP contribution is -2.36. The van der Waals surface area contributed by atoms with Gasteiger partial charge in [0.2, 0.25) is 5.91 Å². The summed E-state index contributed by atoms with van der Waals surface area (Å²) in [5.74, 6) is -0.337. The molecule has 2 rings (SSSR count). The van der Waals surface area contributed by atoms with E-state index in [1.54, 1.807) is 28.4 Å². The number of benzene rings is 1. The van der Waals surface area contributed by atoms with Crippen LogP contribution in [0.15, 0.2) is 41.8 Å². The Morgan fingerprint density at radius 3 is 2.65 bits per heavy atom. The van der Waals surface area contributed by atoms with Gasteiger partial charge in [-0.2, -0.15) is 0 Å². The van der Waals surface area contributed by atoms with Crippen LogP contribution in [0, 0.1) is 5.82 Å². The molecule has 2 aromatic rings. The maximum Gasteiger partial charge on any atom is 0.240 e. The second-order valence-electron chi connectivity index (χ2n) is 4.64. The molecule has 5 heteroatoms. The summed E-state index contributed by atoms with van der Waals surface area (Å²) in [7, 11) is 1.81. The predicted octanol–water partition coefficient (Wildman–Crippen LogP) is 3.20. The zero-order valence-electron chi connectivity index (χ0n) is 11.5. The summed E-state index contributed by atoms with van der Waals surface area (Å²) in [6.45, 7) is 2.20. The molecule has 1 aromatic heterocycles. The molecule has 20 heavy (non-hydrogen) atoms. The zero-order chi connectivity index (χ0) is 14.5. The van der Waals surface area contributed by atoms with Gasteiger partial charge in [0.15, 0.2) is 0 Å². The van der Waals surface area contributed by atoms with E-state index in [0.717, 1.165) is 10.6 Å². The molecule has 0 bridgehead atoms.